The number of nitrogens with zero attached hydrogens (tertiary/aromatic N) is 3. The number of hydrogen-bond acceptors (Lipinski definition) is 3. The van der Waals surface area contributed by atoms with Gasteiger partial charge in [-0.3, -0.25) is 9.79 Å². The van der Waals surface area contributed by atoms with Crippen LogP contribution in [0.15, 0.2) is 35.3 Å². The van der Waals surface area contributed by atoms with E-state index >= 15 is 0 Å². The van der Waals surface area contributed by atoms with Gasteiger partial charge in [-0.1, -0.05) is 31.0 Å². The third kappa shape index (κ3) is 5.80. The zero-order valence-electron chi connectivity index (χ0n) is 18.1. The molecule has 3 fully saturated rings. The van der Waals surface area contributed by atoms with Gasteiger partial charge in [0.05, 0.1) is 0 Å². The van der Waals surface area contributed by atoms with Crippen molar-refractivity contribution in [3.63, 3.8) is 0 Å². The molecule has 2 heterocycles. The largest absolute Gasteiger partial charge is 0.371 e. The van der Waals surface area contributed by atoms with Crippen LogP contribution in [-0.2, 0) is 4.79 Å². The number of rotatable bonds is 5. The number of amides is 1. The number of halogens is 1. The lowest BCUT2D eigenvalue weighted by Crippen LogP contribution is -2.46. The van der Waals surface area contributed by atoms with Crippen molar-refractivity contribution in [3.8, 4) is 0 Å². The van der Waals surface area contributed by atoms with Gasteiger partial charge in [-0.05, 0) is 43.7 Å². The maximum atomic E-state index is 12.6. The molecule has 2 saturated heterocycles. The highest BCUT2D eigenvalue weighted by Gasteiger charge is 2.32. The van der Waals surface area contributed by atoms with E-state index in [1.165, 1.54) is 24.9 Å². The summed E-state index contributed by atoms with van der Waals surface area (Å²) in [5, 5.41) is 7.06. The molecule has 2 atom stereocenters. The smallest absolute Gasteiger partial charge is 0.225 e. The third-order valence-electron chi connectivity index (χ3n) is 6.73. The van der Waals surface area contributed by atoms with Crippen molar-refractivity contribution in [1.82, 2.24) is 15.5 Å². The average molecular weight is 525 g/mol. The van der Waals surface area contributed by atoms with Gasteiger partial charge in [0, 0.05) is 57.4 Å². The summed E-state index contributed by atoms with van der Waals surface area (Å²) >= 11 is 0. The number of benzene rings is 1. The van der Waals surface area contributed by atoms with Gasteiger partial charge in [-0.25, -0.2) is 0 Å². The van der Waals surface area contributed by atoms with Crippen molar-refractivity contribution in [2.45, 2.75) is 44.6 Å². The van der Waals surface area contributed by atoms with Crippen LogP contribution in [0.5, 0.6) is 0 Å². The zero-order chi connectivity index (χ0) is 20.1. The molecule has 6 nitrogen and oxygen atoms in total. The van der Waals surface area contributed by atoms with E-state index in [0.717, 1.165) is 57.9 Å². The molecule has 3 aliphatic rings. The number of likely N-dealkylation sites (tertiary alicyclic amines) is 1. The van der Waals surface area contributed by atoms with Crippen LogP contribution < -0.4 is 15.5 Å². The summed E-state index contributed by atoms with van der Waals surface area (Å²) in [6, 6.07) is 11.0. The second kappa shape index (κ2) is 11.2. The number of guanidine groups is 1. The van der Waals surface area contributed by atoms with Crippen LogP contribution in [0.2, 0.25) is 0 Å². The first kappa shape index (κ1) is 23.2. The summed E-state index contributed by atoms with van der Waals surface area (Å²) in [5.74, 6) is 2.14. The Morgan fingerprint density at radius 2 is 1.83 bits per heavy atom. The van der Waals surface area contributed by atoms with E-state index in [1.54, 1.807) is 0 Å². The minimum absolute atomic E-state index is 0. The van der Waals surface area contributed by atoms with E-state index in [1.807, 2.05) is 7.05 Å². The molecule has 30 heavy (non-hydrogen) atoms. The van der Waals surface area contributed by atoms with E-state index in [9.17, 15) is 4.79 Å². The molecule has 2 aliphatic heterocycles. The van der Waals surface area contributed by atoms with Gasteiger partial charge < -0.3 is 20.4 Å². The van der Waals surface area contributed by atoms with Gasteiger partial charge in [0.1, 0.15) is 0 Å². The maximum Gasteiger partial charge on any atom is 0.225 e. The van der Waals surface area contributed by atoms with Crippen LogP contribution in [0.1, 0.15) is 38.5 Å². The number of anilines is 1. The normalized spacial score (nSPS) is 24.8. The van der Waals surface area contributed by atoms with Gasteiger partial charge in [0.2, 0.25) is 5.91 Å². The summed E-state index contributed by atoms with van der Waals surface area (Å²) in [4.78, 5) is 21.6. The maximum absolute atomic E-state index is 12.6. The van der Waals surface area contributed by atoms with Crippen LogP contribution in [0.4, 0.5) is 5.69 Å². The van der Waals surface area contributed by atoms with Gasteiger partial charge in [-0.2, -0.15) is 0 Å². The molecule has 1 aromatic rings. The van der Waals surface area contributed by atoms with Crippen molar-refractivity contribution < 1.29 is 4.79 Å². The Hall–Kier alpha value is -1.51. The quantitative estimate of drug-likeness (QED) is 0.353. The van der Waals surface area contributed by atoms with Crippen molar-refractivity contribution in [2.75, 3.05) is 44.7 Å². The van der Waals surface area contributed by atoms with Crippen LogP contribution in [0.3, 0.4) is 0 Å². The predicted molar refractivity (Wildman–Crippen MR) is 134 cm³/mol. The second-order valence-electron chi connectivity index (χ2n) is 8.78. The highest BCUT2D eigenvalue weighted by Crippen LogP contribution is 2.28. The van der Waals surface area contributed by atoms with Crippen molar-refractivity contribution in [1.29, 1.82) is 0 Å². The molecule has 1 aliphatic carbocycles. The van der Waals surface area contributed by atoms with Gasteiger partial charge >= 0.3 is 0 Å². The van der Waals surface area contributed by atoms with Crippen molar-refractivity contribution in [2.24, 2.45) is 16.8 Å². The first-order valence-corrected chi connectivity index (χ1v) is 11.3. The number of aliphatic imine (C=N–C) groups is 1. The van der Waals surface area contributed by atoms with Gasteiger partial charge in [-0.15, -0.1) is 24.0 Å². The Balaban J connectivity index is 0.00000256. The summed E-state index contributed by atoms with van der Waals surface area (Å²) in [6.45, 7) is 4.81. The van der Waals surface area contributed by atoms with E-state index in [2.05, 4.69) is 55.8 Å². The summed E-state index contributed by atoms with van der Waals surface area (Å²) in [7, 11) is 1.83. The molecule has 2 N–H and O–H groups in total. The van der Waals surface area contributed by atoms with Gasteiger partial charge in [0.25, 0.3) is 0 Å². The van der Waals surface area contributed by atoms with Crippen LogP contribution in [0, 0.1) is 11.8 Å². The summed E-state index contributed by atoms with van der Waals surface area (Å²) in [6.07, 6.45) is 6.79. The zero-order valence-corrected chi connectivity index (χ0v) is 20.4. The number of nitrogens with one attached hydrogen (secondary N) is 2. The van der Waals surface area contributed by atoms with E-state index in [4.69, 9.17) is 0 Å². The molecule has 1 amide bonds. The fourth-order valence-corrected chi connectivity index (χ4v) is 5.01. The first-order valence-electron chi connectivity index (χ1n) is 11.3. The highest BCUT2D eigenvalue weighted by atomic mass is 127. The van der Waals surface area contributed by atoms with E-state index in [-0.39, 0.29) is 29.9 Å². The lowest BCUT2D eigenvalue weighted by atomic mass is 10.1. The molecule has 0 bridgehead atoms. The molecule has 0 spiro atoms. The molecule has 4 rings (SSSR count). The van der Waals surface area contributed by atoms with Crippen LogP contribution >= 0.6 is 24.0 Å². The first-order chi connectivity index (χ1) is 14.2. The topological polar surface area (TPSA) is 60.0 Å². The average Bonchev–Trinajstić information content (AvgIpc) is 3.53. The molecule has 1 saturated carbocycles. The van der Waals surface area contributed by atoms with Crippen molar-refractivity contribution >= 4 is 41.5 Å². The second-order valence-corrected chi connectivity index (χ2v) is 8.78. The standard InChI is InChI=1S/C23H35N5O.HI/c1-24-23(25-15-18-11-13-27(16-18)21-9-3-2-4-10-21)26-20-12-14-28(17-20)22(29)19-7-5-6-8-19;/h2-4,9-10,18-20H,5-8,11-17H2,1H3,(H2,24,25,26);1H. The molecule has 7 heteroatoms. The molecular weight excluding hydrogens is 489 g/mol. The Bertz CT molecular complexity index is 707. The number of carbonyl (C=O) groups is 1. The minimum Gasteiger partial charge on any atom is -0.371 e. The molecule has 2 unspecified atom stereocenters. The number of hydrogen-bond donors (Lipinski definition) is 2. The number of carbonyl (C=O) groups excluding carboxylic acids is 1. The fourth-order valence-electron chi connectivity index (χ4n) is 5.01. The summed E-state index contributed by atoms with van der Waals surface area (Å²) < 4.78 is 0. The molecule has 166 valence electrons. The lowest BCUT2D eigenvalue weighted by molar-refractivity contribution is -0.134. The predicted octanol–water partition coefficient (Wildman–Crippen LogP) is 3.09. The third-order valence-corrected chi connectivity index (χ3v) is 6.73. The van der Waals surface area contributed by atoms with Crippen LogP contribution in [-0.4, -0.2) is 62.6 Å². The minimum atomic E-state index is 0. The molecule has 0 aromatic heterocycles. The Labute approximate surface area is 197 Å². The Morgan fingerprint density at radius 3 is 2.57 bits per heavy atom. The Morgan fingerprint density at radius 1 is 1.07 bits per heavy atom. The van der Waals surface area contributed by atoms with E-state index in [0.29, 0.717) is 17.9 Å². The molecule has 0 radical (unpaired) electrons. The number of para-hydroxylation sites is 1. The SMILES string of the molecule is CN=C(NCC1CCN(c2ccccc2)C1)NC1CCN(C(=O)C2CCCC2)C1.I. The monoisotopic (exact) mass is 525 g/mol. The van der Waals surface area contributed by atoms with Crippen LogP contribution in [0.25, 0.3) is 0 Å². The Kier molecular flexibility index (Phi) is 8.65. The van der Waals surface area contributed by atoms with E-state index < -0.39 is 0 Å². The molecule has 1 aromatic carbocycles. The fraction of sp³-hybridized carbons (Fsp3) is 0.652. The lowest BCUT2D eigenvalue weighted by Gasteiger charge is -2.22. The van der Waals surface area contributed by atoms with Crippen molar-refractivity contribution in [3.05, 3.63) is 30.3 Å². The van der Waals surface area contributed by atoms with Gasteiger partial charge in [0.15, 0.2) is 5.96 Å². The molecular formula is C23H36IN5O. The summed E-state index contributed by atoms with van der Waals surface area (Å²) in [5.41, 5.74) is 1.32. The highest BCUT2D eigenvalue weighted by molar-refractivity contribution is 14.0.